The van der Waals surface area contributed by atoms with Gasteiger partial charge in [-0.25, -0.2) is 4.39 Å². The monoisotopic (exact) mass is 395 g/mol. The van der Waals surface area contributed by atoms with Gasteiger partial charge in [0, 0.05) is 6.20 Å². The summed E-state index contributed by atoms with van der Waals surface area (Å²) in [5.41, 5.74) is 0.566. The molecule has 0 aliphatic carbocycles. The Morgan fingerprint density at radius 1 is 1.22 bits per heavy atom. The molecule has 0 aliphatic rings. The molecular weight excluding hydrogens is 383 g/mol. The van der Waals surface area contributed by atoms with Crippen LogP contribution in [0.5, 0.6) is 5.75 Å². The minimum absolute atomic E-state index is 0.0462. The van der Waals surface area contributed by atoms with Gasteiger partial charge < -0.3 is 10.1 Å². The summed E-state index contributed by atoms with van der Waals surface area (Å²) in [6, 6.07) is 11.5. The number of rotatable bonds is 6. The Labute approximate surface area is 157 Å². The second kappa shape index (κ2) is 8.13. The Morgan fingerprint density at radius 3 is 2.74 bits per heavy atom. The average molecular weight is 396 g/mol. The highest BCUT2D eigenvalue weighted by Gasteiger charge is 2.18. The van der Waals surface area contributed by atoms with E-state index in [-0.39, 0.29) is 34.5 Å². The first-order valence-corrected chi connectivity index (χ1v) is 8.13. The summed E-state index contributed by atoms with van der Waals surface area (Å²) in [5, 5.41) is 6.73. The lowest BCUT2D eigenvalue weighted by molar-refractivity contribution is -0.0501. The lowest BCUT2D eigenvalue weighted by atomic mass is 10.2. The Morgan fingerprint density at radius 2 is 2.00 bits per heavy atom. The number of alkyl halides is 2. The number of benzene rings is 2. The zero-order valence-corrected chi connectivity index (χ0v) is 14.5. The summed E-state index contributed by atoms with van der Waals surface area (Å²) in [4.78, 5) is 12.4. The van der Waals surface area contributed by atoms with Crippen LogP contribution >= 0.6 is 11.6 Å². The highest BCUT2D eigenvalue weighted by molar-refractivity contribution is 6.33. The number of aromatic nitrogens is 2. The number of para-hydroxylation sites is 1. The van der Waals surface area contributed by atoms with Gasteiger partial charge in [0.15, 0.2) is 5.82 Å². The van der Waals surface area contributed by atoms with E-state index in [9.17, 15) is 18.0 Å². The lowest BCUT2D eigenvalue weighted by Crippen LogP contribution is -2.15. The standard InChI is InChI=1S/C18H13ClF3N3O2/c19-14-10-25(9-11-4-3-5-12(20)8-11)24-16(14)23-17(26)13-6-1-2-7-15(13)27-18(21)22/h1-8,10,18H,9H2,(H,23,24,26). The van der Waals surface area contributed by atoms with E-state index >= 15 is 0 Å². The van der Waals surface area contributed by atoms with E-state index in [4.69, 9.17) is 11.6 Å². The molecule has 3 aromatic rings. The van der Waals surface area contributed by atoms with Crippen LogP contribution in [0.1, 0.15) is 15.9 Å². The van der Waals surface area contributed by atoms with E-state index in [1.54, 1.807) is 12.1 Å². The minimum atomic E-state index is -3.06. The molecule has 1 N–H and O–H groups in total. The van der Waals surface area contributed by atoms with E-state index in [0.717, 1.165) is 0 Å². The number of halogens is 4. The first-order chi connectivity index (χ1) is 12.9. The van der Waals surface area contributed by atoms with Crippen molar-refractivity contribution in [2.45, 2.75) is 13.2 Å². The van der Waals surface area contributed by atoms with Crippen molar-refractivity contribution in [1.29, 1.82) is 0 Å². The molecule has 27 heavy (non-hydrogen) atoms. The molecule has 5 nitrogen and oxygen atoms in total. The summed E-state index contributed by atoms with van der Waals surface area (Å²) < 4.78 is 44.0. The van der Waals surface area contributed by atoms with Crippen LogP contribution in [-0.4, -0.2) is 22.3 Å². The fourth-order valence-electron chi connectivity index (χ4n) is 2.41. The van der Waals surface area contributed by atoms with E-state index in [2.05, 4.69) is 15.2 Å². The number of ether oxygens (including phenoxy) is 1. The molecule has 0 unspecified atom stereocenters. The van der Waals surface area contributed by atoms with Gasteiger partial charge in [-0.1, -0.05) is 35.9 Å². The number of hydrogen-bond donors (Lipinski definition) is 1. The second-order valence-corrected chi connectivity index (χ2v) is 5.89. The van der Waals surface area contributed by atoms with Crippen LogP contribution in [-0.2, 0) is 6.54 Å². The van der Waals surface area contributed by atoms with E-state index < -0.39 is 12.5 Å². The van der Waals surface area contributed by atoms with Gasteiger partial charge in [0.25, 0.3) is 5.91 Å². The molecule has 0 saturated carbocycles. The number of carbonyl (C=O) groups excluding carboxylic acids is 1. The van der Waals surface area contributed by atoms with E-state index in [0.29, 0.717) is 5.56 Å². The predicted octanol–water partition coefficient (Wildman–Crippen LogP) is 4.58. The molecule has 0 bridgehead atoms. The van der Waals surface area contributed by atoms with Crippen LogP contribution in [0, 0.1) is 5.82 Å². The van der Waals surface area contributed by atoms with Gasteiger partial charge in [-0.15, -0.1) is 0 Å². The van der Waals surface area contributed by atoms with Crippen LogP contribution in [0.3, 0.4) is 0 Å². The quantitative estimate of drug-likeness (QED) is 0.664. The molecule has 140 valence electrons. The molecule has 3 rings (SSSR count). The molecule has 0 aliphatic heterocycles. The molecule has 0 radical (unpaired) electrons. The normalized spacial score (nSPS) is 10.9. The first kappa shape index (κ1) is 18.8. The number of carbonyl (C=O) groups is 1. The SMILES string of the molecule is O=C(Nc1nn(Cc2cccc(F)c2)cc1Cl)c1ccccc1OC(F)F. The highest BCUT2D eigenvalue weighted by atomic mass is 35.5. The van der Waals surface area contributed by atoms with Gasteiger partial charge in [0.1, 0.15) is 16.6 Å². The maximum Gasteiger partial charge on any atom is 0.387 e. The number of nitrogens with one attached hydrogen (secondary N) is 1. The highest BCUT2D eigenvalue weighted by Crippen LogP contribution is 2.24. The molecule has 0 atom stereocenters. The zero-order valence-electron chi connectivity index (χ0n) is 13.7. The molecule has 1 heterocycles. The third-order valence-electron chi connectivity index (χ3n) is 3.53. The molecule has 0 fully saturated rings. The van der Waals surface area contributed by atoms with Gasteiger partial charge in [-0.2, -0.15) is 13.9 Å². The van der Waals surface area contributed by atoms with Gasteiger partial charge in [0.05, 0.1) is 12.1 Å². The van der Waals surface area contributed by atoms with Gasteiger partial charge in [-0.3, -0.25) is 9.48 Å². The molecule has 9 heteroatoms. The van der Waals surface area contributed by atoms with Crippen molar-refractivity contribution in [2.75, 3.05) is 5.32 Å². The zero-order chi connectivity index (χ0) is 19.4. The summed E-state index contributed by atoms with van der Waals surface area (Å²) in [6.07, 6.45) is 1.46. The third kappa shape index (κ3) is 4.79. The summed E-state index contributed by atoms with van der Waals surface area (Å²) >= 11 is 6.07. The van der Waals surface area contributed by atoms with Crippen molar-refractivity contribution < 1.29 is 22.7 Å². The molecule has 0 spiro atoms. The summed E-state index contributed by atoms with van der Waals surface area (Å²) in [7, 11) is 0. The maximum absolute atomic E-state index is 13.3. The Balaban J connectivity index is 1.77. The van der Waals surface area contributed by atoms with Crippen LogP contribution in [0.2, 0.25) is 5.02 Å². The van der Waals surface area contributed by atoms with E-state index in [1.165, 1.54) is 47.3 Å². The smallest absolute Gasteiger partial charge is 0.387 e. The van der Waals surface area contributed by atoms with Gasteiger partial charge >= 0.3 is 6.61 Å². The predicted molar refractivity (Wildman–Crippen MR) is 93.8 cm³/mol. The summed E-state index contributed by atoms with van der Waals surface area (Å²) in [6.45, 7) is -2.83. The van der Waals surface area contributed by atoms with Crippen molar-refractivity contribution in [3.05, 3.63) is 76.7 Å². The fraction of sp³-hybridized carbons (Fsp3) is 0.111. The number of hydrogen-bond acceptors (Lipinski definition) is 3. The fourth-order valence-corrected chi connectivity index (χ4v) is 2.61. The van der Waals surface area contributed by atoms with E-state index in [1.807, 2.05) is 0 Å². The van der Waals surface area contributed by atoms with Crippen molar-refractivity contribution >= 4 is 23.3 Å². The lowest BCUT2D eigenvalue weighted by Gasteiger charge is -2.10. The molecule has 1 aromatic heterocycles. The Kier molecular flexibility index (Phi) is 5.66. The van der Waals surface area contributed by atoms with Crippen LogP contribution in [0.25, 0.3) is 0 Å². The molecule has 1 amide bonds. The van der Waals surface area contributed by atoms with Crippen molar-refractivity contribution in [1.82, 2.24) is 9.78 Å². The first-order valence-electron chi connectivity index (χ1n) is 7.75. The van der Waals surface area contributed by atoms with Crippen molar-refractivity contribution in [3.63, 3.8) is 0 Å². The van der Waals surface area contributed by atoms with Crippen LogP contribution in [0.15, 0.2) is 54.7 Å². The molecular formula is C18H13ClF3N3O2. The topological polar surface area (TPSA) is 56.2 Å². The largest absolute Gasteiger partial charge is 0.434 e. The third-order valence-corrected chi connectivity index (χ3v) is 3.81. The number of amides is 1. The van der Waals surface area contributed by atoms with Crippen LogP contribution in [0.4, 0.5) is 19.0 Å². The van der Waals surface area contributed by atoms with Crippen molar-refractivity contribution in [2.24, 2.45) is 0 Å². The Hall–Kier alpha value is -3.00. The molecule has 2 aromatic carbocycles. The minimum Gasteiger partial charge on any atom is -0.434 e. The maximum atomic E-state index is 13.3. The number of nitrogens with zero attached hydrogens (tertiary/aromatic N) is 2. The van der Waals surface area contributed by atoms with Gasteiger partial charge in [0.2, 0.25) is 0 Å². The van der Waals surface area contributed by atoms with Gasteiger partial charge in [-0.05, 0) is 29.8 Å². The average Bonchev–Trinajstić information content (AvgIpc) is 2.94. The van der Waals surface area contributed by atoms with Crippen molar-refractivity contribution in [3.8, 4) is 5.75 Å². The van der Waals surface area contributed by atoms with Crippen LogP contribution < -0.4 is 10.1 Å². The number of anilines is 1. The second-order valence-electron chi connectivity index (χ2n) is 5.48. The Bertz CT molecular complexity index is 963. The summed E-state index contributed by atoms with van der Waals surface area (Å²) in [5.74, 6) is -1.30. The molecule has 0 saturated heterocycles.